The smallest absolute Gasteiger partial charge is 0.247 e. The maximum Gasteiger partial charge on any atom is 0.247 e. The lowest BCUT2D eigenvalue weighted by atomic mass is 10.0. The van der Waals surface area contributed by atoms with Gasteiger partial charge in [-0.25, -0.2) is 0 Å². The normalized spacial score (nSPS) is 18.3. The van der Waals surface area contributed by atoms with Crippen LogP contribution in [-0.4, -0.2) is 21.6 Å². The molecule has 4 nitrogen and oxygen atoms in total. The minimum Gasteiger partial charge on any atom is -0.419 e. The van der Waals surface area contributed by atoms with E-state index in [-0.39, 0.29) is 0 Å². The summed E-state index contributed by atoms with van der Waals surface area (Å²) in [6, 6.07) is 21.0. The van der Waals surface area contributed by atoms with Gasteiger partial charge in [-0.05, 0) is 37.1 Å². The maximum absolute atomic E-state index is 5.85. The number of nitrogens with zero attached hydrogens (tertiary/aromatic N) is 3. The Morgan fingerprint density at radius 2 is 1.70 bits per heavy atom. The third-order valence-electron chi connectivity index (χ3n) is 4.37. The Morgan fingerprint density at radius 3 is 2.48 bits per heavy atom. The van der Waals surface area contributed by atoms with Crippen LogP contribution in [0, 0.1) is 0 Å². The van der Waals surface area contributed by atoms with Crippen molar-refractivity contribution < 1.29 is 4.42 Å². The number of hydrogen-bond donors (Lipinski definition) is 0. The Labute approximate surface area is 135 Å². The summed E-state index contributed by atoms with van der Waals surface area (Å²) >= 11 is 0. The Kier molecular flexibility index (Phi) is 3.90. The molecule has 4 rings (SSSR count). The molecule has 1 aromatic heterocycles. The lowest BCUT2D eigenvalue weighted by Crippen LogP contribution is -2.22. The molecule has 1 fully saturated rings. The van der Waals surface area contributed by atoms with Gasteiger partial charge in [0, 0.05) is 11.6 Å². The van der Waals surface area contributed by atoms with Crippen molar-refractivity contribution in [2.45, 2.75) is 25.4 Å². The van der Waals surface area contributed by atoms with Crippen molar-refractivity contribution in [3.63, 3.8) is 0 Å². The average molecular weight is 305 g/mol. The molecule has 1 aliphatic rings. The number of likely N-dealkylation sites (tertiary alicyclic amines) is 1. The molecule has 2 aromatic carbocycles. The van der Waals surface area contributed by atoms with Gasteiger partial charge < -0.3 is 4.42 Å². The molecule has 0 radical (unpaired) electrons. The Bertz CT molecular complexity index is 755. The Hall–Kier alpha value is -2.46. The molecule has 1 atom stereocenters. The first-order chi connectivity index (χ1) is 11.4. The zero-order valence-corrected chi connectivity index (χ0v) is 12.9. The van der Waals surface area contributed by atoms with Gasteiger partial charge in [-0.2, -0.15) is 0 Å². The highest BCUT2D eigenvalue weighted by Gasteiger charge is 2.27. The molecular weight excluding hydrogens is 286 g/mol. The van der Waals surface area contributed by atoms with Gasteiger partial charge in [0.2, 0.25) is 11.8 Å². The Morgan fingerprint density at radius 1 is 0.957 bits per heavy atom. The highest BCUT2D eigenvalue weighted by Crippen LogP contribution is 2.33. The predicted octanol–water partition coefficient (Wildman–Crippen LogP) is 4.07. The summed E-state index contributed by atoms with van der Waals surface area (Å²) in [5.74, 6) is 1.28. The van der Waals surface area contributed by atoms with Crippen molar-refractivity contribution in [1.82, 2.24) is 15.1 Å². The van der Waals surface area contributed by atoms with Crippen molar-refractivity contribution in [3.05, 3.63) is 72.1 Å². The summed E-state index contributed by atoms with van der Waals surface area (Å²) in [7, 11) is 0. The summed E-state index contributed by atoms with van der Waals surface area (Å²) < 4.78 is 5.85. The van der Waals surface area contributed by atoms with E-state index in [9.17, 15) is 0 Å². The summed E-state index contributed by atoms with van der Waals surface area (Å²) in [6.45, 7) is 1.78. The fourth-order valence-corrected chi connectivity index (χ4v) is 3.26. The van der Waals surface area contributed by atoms with Crippen LogP contribution in [0.25, 0.3) is 11.5 Å². The average Bonchev–Trinajstić information content (AvgIpc) is 3.26. The van der Waals surface area contributed by atoms with E-state index in [0.717, 1.165) is 12.1 Å². The molecule has 23 heavy (non-hydrogen) atoms. The zero-order valence-electron chi connectivity index (χ0n) is 12.9. The SMILES string of the molecule is c1ccc(-c2nnc(CN3CCCC3c3ccccc3)o2)cc1. The highest BCUT2D eigenvalue weighted by atomic mass is 16.4. The third kappa shape index (κ3) is 3.03. The summed E-state index contributed by atoms with van der Waals surface area (Å²) in [5.41, 5.74) is 2.33. The molecule has 0 spiro atoms. The molecule has 1 unspecified atom stereocenters. The first kappa shape index (κ1) is 14.2. The van der Waals surface area contributed by atoms with E-state index in [2.05, 4.69) is 45.4 Å². The molecular formula is C19H19N3O. The third-order valence-corrected chi connectivity index (χ3v) is 4.37. The van der Waals surface area contributed by atoms with Gasteiger partial charge in [-0.1, -0.05) is 48.5 Å². The van der Waals surface area contributed by atoms with Gasteiger partial charge in [0.25, 0.3) is 0 Å². The lowest BCUT2D eigenvalue weighted by molar-refractivity contribution is 0.224. The second-order valence-corrected chi connectivity index (χ2v) is 5.91. The van der Waals surface area contributed by atoms with Gasteiger partial charge in [0.05, 0.1) is 6.54 Å². The predicted molar refractivity (Wildman–Crippen MR) is 88.6 cm³/mol. The van der Waals surface area contributed by atoms with E-state index in [1.807, 2.05) is 30.3 Å². The summed E-state index contributed by atoms with van der Waals surface area (Å²) in [5, 5.41) is 8.41. The van der Waals surface area contributed by atoms with Gasteiger partial charge in [0.15, 0.2) is 0 Å². The number of rotatable bonds is 4. The minimum absolute atomic E-state index is 0.447. The van der Waals surface area contributed by atoms with E-state index in [4.69, 9.17) is 4.42 Å². The van der Waals surface area contributed by atoms with Crippen LogP contribution in [0.1, 0.15) is 30.3 Å². The second-order valence-electron chi connectivity index (χ2n) is 5.91. The summed E-state index contributed by atoms with van der Waals surface area (Å²) in [6.07, 6.45) is 2.39. The van der Waals surface area contributed by atoms with Crippen LogP contribution in [-0.2, 0) is 6.54 Å². The fraction of sp³-hybridized carbons (Fsp3) is 0.263. The highest BCUT2D eigenvalue weighted by molar-refractivity contribution is 5.51. The molecule has 3 aromatic rings. The zero-order chi connectivity index (χ0) is 15.5. The largest absolute Gasteiger partial charge is 0.419 e. The van der Waals surface area contributed by atoms with Crippen LogP contribution in [0.2, 0.25) is 0 Å². The van der Waals surface area contributed by atoms with E-state index in [1.54, 1.807) is 0 Å². The standard InChI is InChI=1S/C19H19N3O/c1-3-8-15(9-4-1)17-12-7-13-22(17)14-18-20-21-19(23-18)16-10-5-2-6-11-16/h1-6,8-11,17H,7,12-14H2. The summed E-state index contributed by atoms with van der Waals surface area (Å²) in [4.78, 5) is 2.43. The molecule has 0 bridgehead atoms. The molecule has 4 heteroatoms. The van der Waals surface area contributed by atoms with Crippen LogP contribution in [0.15, 0.2) is 65.1 Å². The maximum atomic E-state index is 5.85. The fourth-order valence-electron chi connectivity index (χ4n) is 3.26. The van der Waals surface area contributed by atoms with Gasteiger partial charge in [-0.15, -0.1) is 10.2 Å². The monoisotopic (exact) mass is 305 g/mol. The van der Waals surface area contributed by atoms with Crippen molar-refractivity contribution in [1.29, 1.82) is 0 Å². The number of aromatic nitrogens is 2. The minimum atomic E-state index is 0.447. The van der Waals surface area contributed by atoms with Crippen LogP contribution in [0.5, 0.6) is 0 Å². The second kappa shape index (κ2) is 6.34. The molecule has 116 valence electrons. The molecule has 0 amide bonds. The lowest BCUT2D eigenvalue weighted by Gasteiger charge is -2.23. The molecule has 0 N–H and O–H groups in total. The topological polar surface area (TPSA) is 42.2 Å². The quantitative estimate of drug-likeness (QED) is 0.728. The van der Waals surface area contributed by atoms with Crippen LogP contribution in [0.4, 0.5) is 0 Å². The van der Waals surface area contributed by atoms with E-state index in [0.29, 0.717) is 24.4 Å². The van der Waals surface area contributed by atoms with Gasteiger partial charge in [0.1, 0.15) is 0 Å². The Balaban J connectivity index is 1.51. The van der Waals surface area contributed by atoms with Crippen molar-refractivity contribution in [2.75, 3.05) is 6.54 Å². The van der Waals surface area contributed by atoms with Gasteiger partial charge >= 0.3 is 0 Å². The first-order valence-electron chi connectivity index (χ1n) is 8.07. The first-order valence-corrected chi connectivity index (χ1v) is 8.07. The molecule has 2 heterocycles. The molecule has 1 saturated heterocycles. The molecule has 1 aliphatic heterocycles. The van der Waals surface area contributed by atoms with Crippen LogP contribution < -0.4 is 0 Å². The van der Waals surface area contributed by atoms with E-state index in [1.165, 1.54) is 18.4 Å². The molecule has 0 aliphatic carbocycles. The van der Waals surface area contributed by atoms with E-state index < -0.39 is 0 Å². The van der Waals surface area contributed by atoms with E-state index >= 15 is 0 Å². The van der Waals surface area contributed by atoms with Crippen LogP contribution in [0.3, 0.4) is 0 Å². The number of benzene rings is 2. The van der Waals surface area contributed by atoms with Crippen LogP contribution >= 0.6 is 0 Å². The van der Waals surface area contributed by atoms with Gasteiger partial charge in [-0.3, -0.25) is 4.90 Å². The van der Waals surface area contributed by atoms with Crippen molar-refractivity contribution in [3.8, 4) is 11.5 Å². The number of hydrogen-bond acceptors (Lipinski definition) is 4. The van der Waals surface area contributed by atoms with Crippen molar-refractivity contribution in [2.24, 2.45) is 0 Å². The van der Waals surface area contributed by atoms with Crippen molar-refractivity contribution >= 4 is 0 Å². The molecule has 0 saturated carbocycles.